The van der Waals surface area contributed by atoms with Gasteiger partial charge in [0.05, 0.1) is 24.8 Å². The lowest BCUT2D eigenvalue weighted by Crippen LogP contribution is -2.06. The van der Waals surface area contributed by atoms with Crippen LogP contribution in [0.15, 0.2) is 17.0 Å². The Hall–Kier alpha value is -1.51. The molecule has 4 nitrogen and oxygen atoms in total. The number of nitriles is 1. The lowest BCUT2D eigenvalue weighted by Gasteiger charge is -2.07. The molecule has 78 valence electrons. The number of aliphatic hydroxyl groups is 1. The van der Waals surface area contributed by atoms with E-state index in [0.717, 1.165) is 0 Å². The second kappa shape index (κ2) is 4.82. The third-order valence-electron chi connectivity index (χ3n) is 1.87. The van der Waals surface area contributed by atoms with Gasteiger partial charge in [0.25, 0.3) is 0 Å². The van der Waals surface area contributed by atoms with Gasteiger partial charge in [0.2, 0.25) is 0 Å². The number of carbonyl (C=O) groups is 1. The fourth-order valence-electron chi connectivity index (χ4n) is 1.18. The molecule has 0 spiro atoms. The molecule has 1 aromatic rings. The Labute approximate surface area is 92.5 Å². The van der Waals surface area contributed by atoms with E-state index >= 15 is 0 Å². The van der Waals surface area contributed by atoms with Crippen LogP contribution < -0.4 is 0 Å². The molecule has 0 saturated carbocycles. The number of nitrogens with zero attached hydrogens (tertiary/aromatic N) is 1. The van der Waals surface area contributed by atoms with Crippen molar-refractivity contribution in [3.05, 3.63) is 28.8 Å². The van der Waals surface area contributed by atoms with Crippen molar-refractivity contribution < 1.29 is 14.6 Å². The van der Waals surface area contributed by atoms with E-state index in [9.17, 15) is 4.79 Å². The molecule has 0 fully saturated rings. The number of methoxy groups -OCH3 is 1. The first kappa shape index (κ1) is 11.6. The summed E-state index contributed by atoms with van der Waals surface area (Å²) in [5, 5.41) is 17.7. The van der Waals surface area contributed by atoms with Crippen molar-refractivity contribution >= 4 is 18.6 Å². The van der Waals surface area contributed by atoms with Crippen molar-refractivity contribution in [2.24, 2.45) is 0 Å². The molecule has 0 atom stereocenters. The molecule has 0 saturated heterocycles. The van der Waals surface area contributed by atoms with Gasteiger partial charge >= 0.3 is 5.97 Å². The minimum Gasteiger partial charge on any atom is -0.465 e. The fraction of sp³-hybridized carbons (Fsp3) is 0.200. The SMILES string of the molecule is COC(=O)c1c(S)cc(CO)cc1C#N. The number of carbonyl (C=O) groups excluding carboxylic acids is 1. The molecule has 0 heterocycles. The van der Waals surface area contributed by atoms with Crippen LogP contribution in [0.2, 0.25) is 0 Å². The fourth-order valence-corrected chi connectivity index (χ4v) is 1.56. The Bertz CT molecular complexity index is 437. The van der Waals surface area contributed by atoms with E-state index in [1.165, 1.54) is 19.2 Å². The average Bonchev–Trinajstić information content (AvgIpc) is 2.26. The minimum absolute atomic E-state index is 0.125. The summed E-state index contributed by atoms with van der Waals surface area (Å²) in [6.07, 6.45) is 0. The normalized spacial score (nSPS) is 9.47. The molecule has 1 rings (SSSR count). The van der Waals surface area contributed by atoms with Crippen LogP contribution in [0.25, 0.3) is 0 Å². The molecule has 0 bridgehead atoms. The molecule has 0 radical (unpaired) electrons. The molecule has 0 aliphatic heterocycles. The number of ether oxygens (including phenoxy) is 1. The predicted octanol–water partition coefficient (Wildman–Crippen LogP) is 1.13. The van der Waals surface area contributed by atoms with E-state index in [1.54, 1.807) is 0 Å². The quantitative estimate of drug-likeness (QED) is 0.582. The molecular weight excluding hydrogens is 214 g/mol. The van der Waals surface area contributed by atoms with Crippen molar-refractivity contribution in [3.8, 4) is 6.07 Å². The highest BCUT2D eigenvalue weighted by Gasteiger charge is 2.16. The maximum absolute atomic E-state index is 11.3. The third kappa shape index (κ3) is 2.29. The highest BCUT2D eigenvalue weighted by atomic mass is 32.1. The van der Waals surface area contributed by atoms with Crippen LogP contribution >= 0.6 is 12.6 Å². The molecule has 0 aromatic heterocycles. The first-order valence-electron chi connectivity index (χ1n) is 4.09. The van der Waals surface area contributed by atoms with Gasteiger partial charge in [0, 0.05) is 4.90 Å². The second-order valence-electron chi connectivity index (χ2n) is 2.80. The van der Waals surface area contributed by atoms with Crippen LogP contribution in [0.4, 0.5) is 0 Å². The lowest BCUT2D eigenvalue weighted by atomic mass is 10.0. The van der Waals surface area contributed by atoms with Crippen LogP contribution in [0.5, 0.6) is 0 Å². The Kier molecular flexibility index (Phi) is 3.72. The summed E-state index contributed by atoms with van der Waals surface area (Å²) in [4.78, 5) is 11.7. The second-order valence-corrected chi connectivity index (χ2v) is 3.28. The standard InChI is InChI=1S/C10H9NO3S/c1-14-10(13)9-7(4-11)2-6(5-12)3-8(9)15/h2-3,12,15H,5H2,1H3. The molecule has 1 N–H and O–H groups in total. The van der Waals surface area contributed by atoms with Gasteiger partial charge in [0.1, 0.15) is 6.07 Å². The minimum atomic E-state index is -0.610. The average molecular weight is 223 g/mol. The van der Waals surface area contributed by atoms with Gasteiger partial charge in [-0.2, -0.15) is 5.26 Å². The van der Waals surface area contributed by atoms with Gasteiger partial charge in [-0.1, -0.05) is 0 Å². The zero-order valence-electron chi connectivity index (χ0n) is 8.02. The summed E-state index contributed by atoms with van der Waals surface area (Å²) in [7, 11) is 1.23. The lowest BCUT2D eigenvalue weighted by molar-refractivity contribution is 0.0596. The highest BCUT2D eigenvalue weighted by Crippen LogP contribution is 2.21. The number of thiol groups is 1. The van der Waals surface area contributed by atoms with Crippen LogP contribution in [0, 0.1) is 11.3 Å². The Morgan fingerprint density at radius 3 is 2.80 bits per heavy atom. The van der Waals surface area contributed by atoms with Gasteiger partial charge in [-0.05, 0) is 17.7 Å². The molecular formula is C10H9NO3S. The third-order valence-corrected chi connectivity index (χ3v) is 2.22. The number of hydrogen-bond donors (Lipinski definition) is 2. The van der Waals surface area contributed by atoms with Crippen molar-refractivity contribution in [2.75, 3.05) is 7.11 Å². The van der Waals surface area contributed by atoms with Gasteiger partial charge in [-0.25, -0.2) is 4.79 Å². The summed E-state index contributed by atoms with van der Waals surface area (Å²) in [6, 6.07) is 4.83. The molecule has 5 heteroatoms. The van der Waals surface area contributed by atoms with E-state index in [0.29, 0.717) is 10.5 Å². The maximum Gasteiger partial charge on any atom is 0.340 e. The smallest absolute Gasteiger partial charge is 0.340 e. The molecule has 1 aromatic carbocycles. The molecule has 0 aliphatic rings. The largest absolute Gasteiger partial charge is 0.465 e. The zero-order chi connectivity index (χ0) is 11.4. The van der Waals surface area contributed by atoms with E-state index < -0.39 is 5.97 Å². The summed E-state index contributed by atoms with van der Waals surface area (Å²) < 4.78 is 4.53. The van der Waals surface area contributed by atoms with Crippen molar-refractivity contribution in [1.82, 2.24) is 0 Å². The number of hydrogen-bond acceptors (Lipinski definition) is 5. The Morgan fingerprint density at radius 2 is 2.33 bits per heavy atom. The first-order valence-corrected chi connectivity index (χ1v) is 4.54. The molecule has 0 aliphatic carbocycles. The Morgan fingerprint density at radius 1 is 1.67 bits per heavy atom. The maximum atomic E-state index is 11.3. The summed E-state index contributed by atoms with van der Waals surface area (Å²) in [5.74, 6) is -0.610. The summed E-state index contributed by atoms with van der Waals surface area (Å²) in [6.45, 7) is -0.205. The van der Waals surface area contributed by atoms with Crippen LogP contribution in [-0.4, -0.2) is 18.2 Å². The van der Waals surface area contributed by atoms with Gasteiger partial charge in [-0.15, -0.1) is 12.6 Å². The van der Waals surface area contributed by atoms with Crippen molar-refractivity contribution in [1.29, 1.82) is 5.26 Å². The van der Waals surface area contributed by atoms with Crippen molar-refractivity contribution in [2.45, 2.75) is 11.5 Å². The zero-order valence-corrected chi connectivity index (χ0v) is 8.91. The molecule has 0 amide bonds. The number of benzene rings is 1. The van der Waals surface area contributed by atoms with E-state index in [-0.39, 0.29) is 17.7 Å². The van der Waals surface area contributed by atoms with Gasteiger partial charge in [-0.3, -0.25) is 0 Å². The monoisotopic (exact) mass is 223 g/mol. The van der Waals surface area contributed by atoms with Gasteiger partial charge in [0.15, 0.2) is 0 Å². The first-order chi connectivity index (χ1) is 7.13. The summed E-state index contributed by atoms with van der Waals surface area (Å²) >= 11 is 4.08. The van der Waals surface area contributed by atoms with Crippen LogP contribution in [0.3, 0.4) is 0 Å². The number of rotatable bonds is 2. The number of aliphatic hydroxyl groups excluding tert-OH is 1. The Balaban J connectivity index is 3.39. The highest BCUT2D eigenvalue weighted by molar-refractivity contribution is 7.80. The van der Waals surface area contributed by atoms with E-state index in [1.807, 2.05) is 6.07 Å². The van der Waals surface area contributed by atoms with E-state index in [2.05, 4.69) is 17.4 Å². The topological polar surface area (TPSA) is 70.3 Å². The van der Waals surface area contributed by atoms with Gasteiger partial charge < -0.3 is 9.84 Å². The van der Waals surface area contributed by atoms with Crippen LogP contribution in [-0.2, 0) is 11.3 Å². The van der Waals surface area contributed by atoms with E-state index in [4.69, 9.17) is 10.4 Å². The summed E-state index contributed by atoms with van der Waals surface area (Å²) in [5.41, 5.74) is 0.808. The molecule has 0 unspecified atom stereocenters. The predicted molar refractivity (Wildman–Crippen MR) is 55.7 cm³/mol. The molecule has 15 heavy (non-hydrogen) atoms. The van der Waals surface area contributed by atoms with Crippen LogP contribution in [0.1, 0.15) is 21.5 Å². The number of esters is 1. The van der Waals surface area contributed by atoms with Crippen molar-refractivity contribution in [3.63, 3.8) is 0 Å².